The van der Waals surface area contributed by atoms with Crippen LogP contribution in [0.3, 0.4) is 0 Å². The molecule has 1 fully saturated rings. The van der Waals surface area contributed by atoms with Gasteiger partial charge in [0.1, 0.15) is 16.4 Å². The second-order valence-corrected chi connectivity index (χ2v) is 7.31. The van der Waals surface area contributed by atoms with Gasteiger partial charge < -0.3 is 14.2 Å². The van der Waals surface area contributed by atoms with Gasteiger partial charge in [-0.05, 0) is 12.1 Å². The lowest BCUT2D eigenvalue weighted by molar-refractivity contribution is 0.0368. The standard InChI is InChI=1S/C15H24N2O5S/c1-16(6-7-17-8-10-22-11-9-17)23(18,19)15-12-13(20-2)4-5-14(15)21-3/h4-5,12H,6-11H2,1-3H3. The molecule has 1 aliphatic rings. The SMILES string of the molecule is COc1ccc(OC)c(S(=O)(=O)N(C)CCN2CCOCC2)c1. The number of likely N-dealkylation sites (N-methyl/N-ethyl adjacent to an activating group) is 1. The number of hydrogen-bond acceptors (Lipinski definition) is 6. The van der Waals surface area contributed by atoms with Crippen LogP contribution in [0.1, 0.15) is 0 Å². The number of sulfonamides is 1. The molecule has 0 bridgehead atoms. The normalized spacial score (nSPS) is 16.5. The Balaban J connectivity index is 2.12. The van der Waals surface area contributed by atoms with Gasteiger partial charge in [-0.15, -0.1) is 0 Å². The molecule has 0 N–H and O–H groups in total. The predicted molar refractivity (Wildman–Crippen MR) is 86.6 cm³/mol. The number of nitrogens with zero attached hydrogens (tertiary/aromatic N) is 2. The van der Waals surface area contributed by atoms with Crippen molar-refractivity contribution in [2.24, 2.45) is 0 Å². The number of rotatable bonds is 7. The zero-order valence-corrected chi connectivity index (χ0v) is 14.6. The van der Waals surface area contributed by atoms with Crippen molar-refractivity contribution in [3.63, 3.8) is 0 Å². The van der Waals surface area contributed by atoms with Crippen LogP contribution in [0.5, 0.6) is 11.5 Å². The minimum absolute atomic E-state index is 0.115. The highest BCUT2D eigenvalue weighted by atomic mass is 32.2. The van der Waals surface area contributed by atoms with E-state index < -0.39 is 10.0 Å². The fourth-order valence-corrected chi connectivity index (χ4v) is 3.71. The van der Waals surface area contributed by atoms with Crippen LogP contribution in [0.4, 0.5) is 0 Å². The van der Waals surface area contributed by atoms with Gasteiger partial charge in [0.25, 0.3) is 0 Å². The van der Waals surface area contributed by atoms with Gasteiger partial charge in [0, 0.05) is 39.3 Å². The molecule has 2 rings (SSSR count). The van der Waals surface area contributed by atoms with Crippen LogP contribution < -0.4 is 9.47 Å². The maximum atomic E-state index is 12.8. The van der Waals surface area contributed by atoms with Crippen molar-refractivity contribution >= 4 is 10.0 Å². The Bertz CT molecular complexity index is 614. The van der Waals surface area contributed by atoms with Crippen LogP contribution in [-0.4, -0.2) is 78.3 Å². The molecule has 1 aliphatic heterocycles. The van der Waals surface area contributed by atoms with Crippen molar-refractivity contribution < 1.29 is 22.6 Å². The van der Waals surface area contributed by atoms with Crippen molar-refractivity contribution in [1.82, 2.24) is 9.21 Å². The van der Waals surface area contributed by atoms with Crippen molar-refractivity contribution in [2.45, 2.75) is 4.90 Å². The second kappa shape index (κ2) is 7.96. The van der Waals surface area contributed by atoms with Crippen LogP contribution >= 0.6 is 0 Å². The third-order valence-electron chi connectivity index (χ3n) is 3.89. The van der Waals surface area contributed by atoms with E-state index in [0.717, 1.165) is 13.1 Å². The van der Waals surface area contributed by atoms with Gasteiger partial charge in [-0.1, -0.05) is 0 Å². The highest BCUT2D eigenvalue weighted by Crippen LogP contribution is 2.30. The summed E-state index contributed by atoms with van der Waals surface area (Å²) in [7, 11) is 0.887. The fourth-order valence-electron chi connectivity index (χ4n) is 2.38. The molecule has 0 atom stereocenters. The van der Waals surface area contributed by atoms with Crippen LogP contribution in [0, 0.1) is 0 Å². The molecule has 1 heterocycles. The van der Waals surface area contributed by atoms with Gasteiger partial charge >= 0.3 is 0 Å². The monoisotopic (exact) mass is 344 g/mol. The molecule has 0 radical (unpaired) electrons. The van der Waals surface area contributed by atoms with Crippen LogP contribution in [0.15, 0.2) is 23.1 Å². The summed E-state index contributed by atoms with van der Waals surface area (Å²) in [4.78, 5) is 2.31. The highest BCUT2D eigenvalue weighted by molar-refractivity contribution is 7.89. The molecular formula is C15H24N2O5S. The first-order valence-corrected chi connectivity index (χ1v) is 8.91. The summed E-state index contributed by atoms with van der Waals surface area (Å²) in [6.07, 6.45) is 0. The molecule has 0 aromatic heterocycles. The minimum Gasteiger partial charge on any atom is -0.497 e. The second-order valence-electron chi connectivity index (χ2n) is 5.30. The van der Waals surface area contributed by atoms with E-state index in [9.17, 15) is 8.42 Å². The fraction of sp³-hybridized carbons (Fsp3) is 0.600. The van der Waals surface area contributed by atoms with Crippen LogP contribution in [0.2, 0.25) is 0 Å². The molecule has 130 valence electrons. The van der Waals surface area contributed by atoms with Crippen LogP contribution in [0.25, 0.3) is 0 Å². The lowest BCUT2D eigenvalue weighted by Crippen LogP contribution is -2.41. The van der Waals surface area contributed by atoms with Gasteiger partial charge in [-0.2, -0.15) is 4.31 Å². The van der Waals surface area contributed by atoms with E-state index in [0.29, 0.717) is 37.8 Å². The predicted octanol–water partition coefficient (Wildman–Crippen LogP) is 0.657. The minimum atomic E-state index is -3.64. The molecule has 0 saturated carbocycles. The molecule has 0 spiro atoms. The van der Waals surface area contributed by atoms with Crippen LogP contribution in [-0.2, 0) is 14.8 Å². The lowest BCUT2D eigenvalue weighted by atomic mass is 10.3. The topological polar surface area (TPSA) is 68.3 Å². The highest BCUT2D eigenvalue weighted by Gasteiger charge is 2.26. The first-order chi connectivity index (χ1) is 11.0. The summed E-state index contributed by atoms with van der Waals surface area (Å²) in [6, 6.07) is 4.76. The Morgan fingerprint density at radius 3 is 2.52 bits per heavy atom. The van der Waals surface area contributed by atoms with Gasteiger partial charge in [0.05, 0.1) is 27.4 Å². The van der Waals surface area contributed by atoms with Crippen molar-refractivity contribution in [3.05, 3.63) is 18.2 Å². The van der Waals surface area contributed by atoms with E-state index in [-0.39, 0.29) is 4.90 Å². The third kappa shape index (κ3) is 4.35. The number of ether oxygens (including phenoxy) is 3. The van der Waals surface area contributed by atoms with Gasteiger partial charge in [0.15, 0.2) is 0 Å². The number of hydrogen-bond donors (Lipinski definition) is 0. The van der Waals surface area contributed by atoms with Crippen molar-refractivity contribution in [2.75, 3.05) is 60.7 Å². The maximum absolute atomic E-state index is 12.8. The summed E-state index contributed by atoms with van der Waals surface area (Å²) in [5.41, 5.74) is 0. The average Bonchev–Trinajstić information content (AvgIpc) is 2.59. The Kier molecular flexibility index (Phi) is 6.23. The van der Waals surface area contributed by atoms with Crippen molar-refractivity contribution in [3.8, 4) is 11.5 Å². The summed E-state index contributed by atoms with van der Waals surface area (Å²) in [5, 5.41) is 0. The number of morpholine rings is 1. The Morgan fingerprint density at radius 2 is 1.91 bits per heavy atom. The Hall–Kier alpha value is -1.35. The van der Waals surface area contributed by atoms with E-state index in [1.165, 1.54) is 24.6 Å². The summed E-state index contributed by atoms with van der Waals surface area (Å²) in [5.74, 6) is 0.787. The quantitative estimate of drug-likeness (QED) is 0.724. The molecule has 0 unspecified atom stereocenters. The molecular weight excluding hydrogens is 320 g/mol. The molecule has 7 nitrogen and oxygen atoms in total. The molecule has 0 amide bonds. The van der Waals surface area contributed by atoms with E-state index in [4.69, 9.17) is 14.2 Å². The van der Waals surface area contributed by atoms with Gasteiger partial charge in [-0.25, -0.2) is 8.42 Å². The first kappa shape index (κ1) is 18.0. The van der Waals surface area contributed by atoms with Gasteiger partial charge in [-0.3, -0.25) is 4.90 Å². The zero-order chi connectivity index (χ0) is 16.9. The van der Waals surface area contributed by atoms with Gasteiger partial charge in [0.2, 0.25) is 10.0 Å². The molecule has 1 aromatic rings. The summed E-state index contributed by atoms with van der Waals surface area (Å²) in [6.45, 7) is 4.13. The molecule has 1 saturated heterocycles. The van der Waals surface area contributed by atoms with E-state index >= 15 is 0 Å². The molecule has 23 heavy (non-hydrogen) atoms. The molecule has 8 heteroatoms. The van der Waals surface area contributed by atoms with E-state index in [1.807, 2.05) is 0 Å². The van der Waals surface area contributed by atoms with Crippen molar-refractivity contribution in [1.29, 1.82) is 0 Å². The first-order valence-electron chi connectivity index (χ1n) is 7.47. The Labute approximate surface area is 137 Å². The average molecular weight is 344 g/mol. The van der Waals surface area contributed by atoms with E-state index in [1.54, 1.807) is 19.2 Å². The molecule has 1 aromatic carbocycles. The zero-order valence-electron chi connectivity index (χ0n) is 13.8. The largest absolute Gasteiger partial charge is 0.497 e. The maximum Gasteiger partial charge on any atom is 0.246 e. The third-order valence-corrected chi connectivity index (χ3v) is 5.77. The Morgan fingerprint density at radius 1 is 1.22 bits per heavy atom. The summed E-state index contributed by atoms with van der Waals surface area (Å²) >= 11 is 0. The number of benzene rings is 1. The van der Waals surface area contributed by atoms with E-state index in [2.05, 4.69) is 4.90 Å². The summed E-state index contributed by atoms with van der Waals surface area (Å²) < 4.78 is 42.6. The molecule has 0 aliphatic carbocycles. The number of methoxy groups -OCH3 is 2. The smallest absolute Gasteiger partial charge is 0.246 e. The lowest BCUT2D eigenvalue weighted by Gasteiger charge is -2.28.